The normalized spacial score (nSPS) is 18.6. The second kappa shape index (κ2) is 6.42. The zero-order valence-electron chi connectivity index (χ0n) is 10.9. The van der Waals surface area contributed by atoms with E-state index in [0.29, 0.717) is 0 Å². The Kier molecular flexibility index (Phi) is 4.62. The molecule has 2 rings (SSSR count). The maximum absolute atomic E-state index is 13.6. The number of anilines is 1. The van der Waals surface area contributed by atoms with Gasteiger partial charge in [0.15, 0.2) is 11.5 Å². The van der Waals surface area contributed by atoms with Gasteiger partial charge < -0.3 is 10.6 Å². The van der Waals surface area contributed by atoms with Crippen molar-refractivity contribution < 1.29 is 14.1 Å². The van der Waals surface area contributed by atoms with Crippen LogP contribution >= 0.6 is 0 Å². The zero-order chi connectivity index (χ0) is 14.5. The molecule has 1 aliphatic rings. The summed E-state index contributed by atoms with van der Waals surface area (Å²) in [6, 6.07) is 3.50. The lowest BCUT2D eigenvalue weighted by atomic mass is 9.96. The third kappa shape index (κ3) is 3.51. The monoisotopic (exact) mass is 281 g/mol. The largest absolute Gasteiger partial charge is 0.318 e. The number of hydrogen-bond donors (Lipinski definition) is 2. The maximum Gasteiger partial charge on any atom is 0.295 e. The molecule has 6 nitrogen and oxygen atoms in total. The van der Waals surface area contributed by atoms with Crippen molar-refractivity contribution in [1.82, 2.24) is 5.32 Å². The zero-order valence-corrected chi connectivity index (χ0v) is 10.9. The molecule has 1 aliphatic heterocycles. The van der Waals surface area contributed by atoms with Gasteiger partial charge in [0.25, 0.3) is 5.69 Å². The molecule has 1 saturated heterocycles. The molecule has 0 radical (unpaired) electrons. The lowest BCUT2D eigenvalue weighted by Gasteiger charge is -2.22. The summed E-state index contributed by atoms with van der Waals surface area (Å²) in [5, 5.41) is 16.3. The van der Waals surface area contributed by atoms with Crippen molar-refractivity contribution in [2.75, 3.05) is 18.4 Å². The van der Waals surface area contributed by atoms with Gasteiger partial charge in [0, 0.05) is 12.5 Å². The number of halogens is 1. The van der Waals surface area contributed by atoms with Crippen molar-refractivity contribution in [3.8, 4) is 0 Å². The molecule has 1 atom stereocenters. The number of nitro benzene ring substituents is 1. The first-order valence-corrected chi connectivity index (χ1v) is 6.51. The minimum Gasteiger partial charge on any atom is -0.318 e. The Balaban J connectivity index is 2.05. The van der Waals surface area contributed by atoms with Crippen molar-refractivity contribution in [2.45, 2.75) is 19.3 Å². The fourth-order valence-electron chi connectivity index (χ4n) is 2.34. The molecule has 108 valence electrons. The number of para-hydroxylation sites is 1. The van der Waals surface area contributed by atoms with Gasteiger partial charge in [-0.2, -0.15) is 0 Å². The molecule has 0 spiro atoms. The number of piperidine rings is 1. The van der Waals surface area contributed by atoms with E-state index in [1.54, 1.807) is 0 Å². The van der Waals surface area contributed by atoms with E-state index in [2.05, 4.69) is 10.6 Å². The number of nitrogens with one attached hydrogen (secondary N) is 2. The van der Waals surface area contributed by atoms with Crippen LogP contribution in [0, 0.1) is 21.8 Å². The molecule has 0 aromatic heterocycles. The van der Waals surface area contributed by atoms with Gasteiger partial charge in [0.2, 0.25) is 5.91 Å². The fraction of sp³-hybridized carbons (Fsp3) is 0.462. The van der Waals surface area contributed by atoms with E-state index in [9.17, 15) is 19.3 Å². The highest BCUT2D eigenvalue weighted by atomic mass is 19.1. The molecule has 1 unspecified atom stereocenters. The Hall–Kier alpha value is -2.02. The minimum atomic E-state index is -0.797. The molecular formula is C13H16FN3O3. The lowest BCUT2D eigenvalue weighted by molar-refractivity contribution is -0.384. The van der Waals surface area contributed by atoms with Crippen molar-refractivity contribution in [2.24, 2.45) is 5.92 Å². The molecule has 20 heavy (non-hydrogen) atoms. The van der Waals surface area contributed by atoms with Crippen LogP contribution in [0.15, 0.2) is 18.2 Å². The molecule has 0 aliphatic carbocycles. The molecule has 1 fully saturated rings. The molecule has 1 aromatic rings. The van der Waals surface area contributed by atoms with Gasteiger partial charge in [-0.15, -0.1) is 0 Å². The van der Waals surface area contributed by atoms with Crippen LogP contribution in [0.1, 0.15) is 19.3 Å². The quantitative estimate of drug-likeness (QED) is 0.653. The molecule has 0 saturated carbocycles. The van der Waals surface area contributed by atoms with Gasteiger partial charge >= 0.3 is 0 Å². The van der Waals surface area contributed by atoms with Crippen LogP contribution in [-0.2, 0) is 4.79 Å². The minimum absolute atomic E-state index is 0.189. The third-order valence-electron chi connectivity index (χ3n) is 3.33. The van der Waals surface area contributed by atoms with E-state index in [0.717, 1.165) is 32.0 Å². The van der Waals surface area contributed by atoms with Crippen molar-refractivity contribution >= 4 is 17.3 Å². The van der Waals surface area contributed by atoms with Crippen LogP contribution in [0.5, 0.6) is 0 Å². The highest BCUT2D eigenvalue weighted by Gasteiger charge is 2.22. The number of nitrogens with zero attached hydrogens (tertiary/aromatic N) is 1. The molecule has 1 aromatic carbocycles. The van der Waals surface area contributed by atoms with E-state index in [1.807, 2.05) is 0 Å². The summed E-state index contributed by atoms with van der Waals surface area (Å²) in [4.78, 5) is 22.0. The number of carbonyl (C=O) groups is 1. The summed E-state index contributed by atoms with van der Waals surface area (Å²) in [6.07, 6.45) is 2.16. The maximum atomic E-state index is 13.6. The Morgan fingerprint density at radius 1 is 1.55 bits per heavy atom. The SMILES string of the molecule is O=C(CC1CCCNC1)Nc1c(F)cccc1[N+](=O)[O-]. The Bertz CT molecular complexity index is 516. The van der Waals surface area contributed by atoms with Gasteiger partial charge in [-0.25, -0.2) is 4.39 Å². The van der Waals surface area contributed by atoms with Crippen LogP contribution in [0.3, 0.4) is 0 Å². The second-order valence-electron chi connectivity index (χ2n) is 4.86. The van der Waals surface area contributed by atoms with E-state index < -0.39 is 22.3 Å². The highest BCUT2D eigenvalue weighted by Crippen LogP contribution is 2.27. The predicted molar refractivity (Wildman–Crippen MR) is 71.9 cm³/mol. The number of amides is 1. The predicted octanol–water partition coefficient (Wildman–Crippen LogP) is 2.06. The number of nitro groups is 1. The molecular weight excluding hydrogens is 265 g/mol. The first-order valence-electron chi connectivity index (χ1n) is 6.51. The number of rotatable bonds is 4. The fourth-order valence-corrected chi connectivity index (χ4v) is 2.34. The van der Waals surface area contributed by atoms with Crippen LogP contribution in [0.25, 0.3) is 0 Å². The summed E-state index contributed by atoms with van der Waals surface area (Å²) >= 11 is 0. The van der Waals surface area contributed by atoms with Crippen molar-refractivity contribution in [3.63, 3.8) is 0 Å². The van der Waals surface area contributed by atoms with Crippen molar-refractivity contribution in [3.05, 3.63) is 34.1 Å². The van der Waals surface area contributed by atoms with Gasteiger partial charge in [-0.05, 0) is 37.9 Å². The Labute approximate surface area is 115 Å². The van der Waals surface area contributed by atoms with E-state index >= 15 is 0 Å². The average molecular weight is 281 g/mol. The number of carbonyl (C=O) groups excluding carboxylic acids is 1. The van der Waals surface area contributed by atoms with E-state index in [4.69, 9.17) is 0 Å². The summed E-state index contributed by atoms with van der Waals surface area (Å²) in [6.45, 7) is 1.68. The van der Waals surface area contributed by atoms with Gasteiger partial charge in [0.05, 0.1) is 4.92 Å². The standard InChI is InChI=1S/C13H16FN3O3/c14-10-4-1-5-11(17(19)20)13(10)16-12(18)7-9-3-2-6-15-8-9/h1,4-5,9,15H,2-3,6-8H2,(H,16,18). The van der Waals surface area contributed by atoms with Gasteiger partial charge in [-0.1, -0.05) is 6.07 Å². The molecule has 1 heterocycles. The topological polar surface area (TPSA) is 84.3 Å². The van der Waals surface area contributed by atoms with E-state index in [-0.39, 0.29) is 18.0 Å². The van der Waals surface area contributed by atoms with Gasteiger partial charge in [0.1, 0.15) is 0 Å². The number of hydrogen-bond acceptors (Lipinski definition) is 4. The first-order chi connectivity index (χ1) is 9.58. The first kappa shape index (κ1) is 14.4. The average Bonchev–Trinajstić information content (AvgIpc) is 2.42. The highest BCUT2D eigenvalue weighted by molar-refractivity contribution is 5.93. The van der Waals surface area contributed by atoms with Crippen molar-refractivity contribution in [1.29, 1.82) is 0 Å². The molecule has 7 heteroatoms. The summed E-state index contributed by atoms with van der Waals surface area (Å²) in [7, 11) is 0. The van der Waals surface area contributed by atoms with Crippen LogP contribution in [0.4, 0.5) is 15.8 Å². The summed E-state index contributed by atoms with van der Waals surface area (Å²) < 4.78 is 13.6. The molecule has 0 bridgehead atoms. The van der Waals surface area contributed by atoms with E-state index in [1.165, 1.54) is 12.1 Å². The molecule has 1 amide bonds. The Morgan fingerprint density at radius 3 is 3.00 bits per heavy atom. The number of benzene rings is 1. The smallest absolute Gasteiger partial charge is 0.295 e. The summed E-state index contributed by atoms with van der Waals surface area (Å²) in [5.74, 6) is -1.00. The Morgan fingerprint density at radius 2 is 2.35 bits per heavy atom. The van der Waals surface area contributed by atoms with Gasteiger partial charge in [-0.3, -0.25) is 14.9 Å². The van der Waals surface area contributed by atoms with Crippen LogP contribution in [0.2, 0.25) is 0 Å². The van der Waals surface area contributed by atoms with Crippen LogP contribution < -0.4 is 10.6 Å². The lowest BCUT2D eigenvalue weighted by Crippen LogP contribution is -2.32. The second-order valence-corrected chi connectivity index (χ2v) is 4.86. The molecule has 2 N–H and O–H groups in total. The summed E-state index contributed by atoms with van der Waals surface area (Å²) in [5.41, 5.74) is -0.786. The van der Waals surface area contributed by atoms with Crippen LogP contribution in [-0.4, -0.2) is 23.9 Å². The third-order valence-corrected chi connectivity index (χ3v) is 3.33.